The van der Waals surface area contributed by atoms with Gasteiger partial charge in [0.05, 0.1) is 22.7 Å². The number of amidine groups is 4. The van der Waals surface area contributed by atoms with Gasteiger partial charge in [-0.05, 0) is 113 Å². The summed E-state index contributed by atoms with van der Waals surface area (Å²) in [6.45, 7) is 12.8. The van der Waals surface area contributed by atoms with Crippen molar-refractivity contribution in [1.29, 1.82) is 0 Å². The van der Waals surface area contributed by atoms with Gasteiger partial charge >= 0.3 is 0 Å². The molecule has 7 rings (SSSR count). The summed E-state index contributed by atoms with van der Waals surface area (Å²) in [7, 11) is 13.9. The van der Waals surface area contributed by atoms with Gasteiger partial charge in [-0.3, -0.25) is 0 Å². The minimum atomic E-state index is -1.18. The Kier molecular flexibility index (Phi) is 14.6. The van der Waals surface area contributed by atoms with Crippen LogP contribution in [0.25, 0.3) is 0 Å². The predicted octanol–water partition coefficient (Wildman–Crippen LogP) is 10.1. The van der Waals surface area contributed by atoms with Crippen LogP contribution >= 0.6 is 15.8 Å². The van der Waals surface area contributed by atoms with Gasteiger partial charge in [0.25, 0.3) is 0 Å². The van der Waals surface area contributed by atoms with E-state index in [1.165, 1.54) is 21.2 Å². The van der Waals surface area contributed by atoms with Gasteiger partial charge in [-0.1, -0.05) is 98.8 Å². The first-order valence-electron chi connectivity index (χ1n) is 22.3. The van der Waals surface area contributed by atoms with Crippen molar-refractivity contribution in [3.63, 3.8) is 0 Å². The van der Waals surface area contributed by atoms with Crippen LogP contribution in [0.4, 0.5) is 22.7 Å². The number of nitrogens with zero attached hydrogens (tertiary/aromatic N) is 8. The number of hydrogen-bond donors (Lipinski definition) is 0. The number of benzene rings is 6. The maximum absolute atomic E-state index is 7.62. The highest BCUT2D eigenvalue weighted by molar-refractivity contribution is 7.80. The second-order valence-electron chi connectivity index (χ2n) is 18.0. The summed E-state index contributed by atoms with van der Waals surface area (Å²) < 4.78 is 7.62. The van der Waals surface area contributed by atoms with E-state index >= 15 is 0 Å². The van der Waals surface area contributed by atoms with Gasteiger partial charge in [-0.15, -0.1) is 0 Å². The predicted molar refractivity (Wildman–Crippen MR) is 288 cm³/mol. The van der Waals surface area contributed by atoms with Crippen molar-refractivity contribution in [3.8, 4) is 11.5 Å². The Labute approximate surface area is 395 Å². The molecule has 0 aromatic heterocycles. The van der Waals surface area contributed by atoms with Gasteiger partial charge in [0.15, 0.2) is 0 Å². The fourth-order valence-electron chi connectivity index (χ4n) is 7.66. The van der Waals surface area contributed by atoms with E-state index < -0.39 is 21.3 Å². The summed E-state index contributed by atoms with van der Waals surface area (Å²) in [6, 6.07) is 48.2. The molecule has 0 saturated carbocycles. The van der Waals surface area contributed by atoms with Crippen LogP contribution in [0.5, 0.6) is 11.5 Å². The number of para-hydroxylation sites is 2. The average molecular weight is 915 g/mol. The Morgan fingerprint density at radius 2 is 0.652 bits per heavy atom. The maximum Gasteiger partial charge on any atom is 0.139 e. The first-order chi connectivity index (χ1) is 31.4. The van der Waals surface area contributed by atoms with Crippen LogP contribution in [0.3, 0.4) is 0 Å². The maximum atomic E-state index is 7.62. The van der Waals surface area contributed by atoms with Crippen molar-refractivity contribution >= 4 is 93.8 Å². The largest absolute Gasteiger partial charge is 0.455 e. The minimum absolute atomic E-state index is 0.398. The third-order valence-corrected chi connectivity index (χ3v) is 17.0. The van der Waals surface area contributed by atoms with Gasteiger partial charge in [0.2, 0.25) is 0 Å². The van der Waals surface area contributed by atoms with Gasteiger partial charge in [-0.25, -0.2) is 20.0 Å². The molecule has 0 spiro atoms. The first kappa shape index (κ1) is 47.8. The smallest absolute Gasteiger partial charge is 0.139 e. The molecule has 6 aromatic carbocycles. The molecule has 6 aromatic rings. The van der Waals surface area contributed by atoms with E-state index in [4.69, 9.17) is 24.7 Å². The molecule has 66 heavy (non-hydrogen) atoms. The van der Waals surface area contributed by atoms with Crippen LogP contribution in [0.2, 0.25) is 0 Å². The zero-order valence-corrected chi connectivity index (χ0v) is 42.9. The highest BCUT2D eigenvalue weighted by Crippen LogP contribution is 2.52. The summed E-state index contributed by atoms with van der Waals surface area (Å²) in [4.78, 5) is 28.3. The summed E-state index contributed by atoms with van der Waals surface area (Å²) in [5.41, 5.74) is 5.55. The van der Waals surface area contributed by atoms with Gasteiger partial charge in [0, 0.05) is 83.5 Å². The number of hydrogen-bond acceptors (Lipinski definition) is 5. The quantitative estimate of drug-likeness (QED) is 0.0778. The first-order valence-corrected chi connectivity index (χ1v) is 25.0. The number of fused-ring (bicyclic) bond motifs is 2. The third kappa shape index (κ3) is 10.4. The Bertz CT molecular complexity index is 2530. The minimum Gasteiger partial charge on any atom is -0.455 e. The number of ether oxygens (including phenoxy) is 1. The molecule has 0 saturated heterocycles. The molecule has 0 fully saturated rings. The van der Waals surface area contributed by atoms with Crippen molar-refractivity contribution in [2.75, 3.05) is 56.4 Å². The molecule has 0 N–H and O–H groups in total. The van der Waals surface area contributed by atoms with Crippen LogP contribution in [0, 0.1) is 0 Å². The summed E-state index contributed by atoms with van der Waals surface area (Å²) in [5.74, 6) is 5.55. The van der Waals surface area contributed by atoms with E-state index in [9.17, 15) is 0 Å². The monoisotopic (exact) mass is 914 g/mol. The van der Waals surface area contributed by atoms with Crippen molar-refractivity contribution in [2.24, 2.45) is 20.0 Å². The third-order valence-electron chi connectivity index (χ3n) is 12.1. The van der Waals surface area contributed by atoms with E-state index in [0.717, 1.165) is 79.3 Å². The van der Waals surface area contributed by atoms with Crippen LogP contribution in [0.15, 0.2) is 153 Å². The van der Waals surface area contributed by atoms with Gasteiger partial charge in [-0.2, -0.15) is 0 Å². The second kappa shape index (κ2) is 20.2. The van der Waals surface area contributed by atoms with Crippen molar-refractivity contribution in [1.82, 2.24) is 19.6 Å². The standard InChI is InChI=1S/C55H64N8OP2/c1-37(60(7)8)56-41-21-15-25-45(33-41)65(46-26-16-22-42(34-46)57-38(2)61(9)10)51-31-19-29-49-53(51)64-54-50(55(49,5)6)30-20-32-52(54)66(47-27-17-23-43(35-47)58-39(3)62(11)12)48-28-18-24-44(36-48)59-40(4)63(13)14/h15-36H,1-14H3. The Morgan fingerprint density at radius 3 is 0.909 bits per heavy atom. The molecule has 9 nitrogen and oxygen atoms in total. The van der Waals surface area contributed by atoms with Crippen LogP contribution in [0.1, 0.15) is 52.7 Å². The van der Waals surface area contributed by atoms with Crippen molar-refractivity contribution < 1.29 is 4.74 Å². The average Bonchev–Trinajstić information content (AvgIpc) is 3.27. The van der Waals surface area contributed by atoms with Gasteiger partial charge < -0.3 is 24.3 Å². The lowest BCUT2D eigenvalue weighted by Crippen LogP contribution is -2.33. The summed E-state index contributed by atoms with van der Waals surface area (Å²) in [5, 5.41) is 6.99. The lowest BCUT2D eigenvalue weighted by molar-refractivity contribution is 0.425. The molecular weight excluding hydrogens is 851 g/mol. The lowest BCUT2D eigenvalue weighted by atomic mass is 9.76. The Balaban J connectivity index is 1.47. The SMILES string of the molecule is CC(=Nc1cccc(P(c2cccc(N=C(C)N(C)C)c2)c2cccc3c2Oc2c(P(c4cccc(N=C(C)N(C)C)c4)c4cccc(N=C(C)N(C)C)c4)cccc2C3(C)C)c1)N(C)C. The van der Waals surface area contributed by atoms with E-state index in [-0.39, 0.29) is 0 Å². The van der Waals surface area contributed by atoms with Crippen LogP contribution in [-0.4, -0.2) is 99.3 Å². The molecular formula is C55H64N8OP2. The molecule has 0 atom stereocenters. The molecule has 0 unspecified atom stereocenters. The highest BCUT2D eigenvalue weighted by atomic mass is 31.1. The Morgan fingerprint density at radius 1 is 0.394 bits per heavy atom. The van der Waals surface area contributed by atoms with Crippen molar-refractivity contribution in [3.05, 3.63) is 145 Å². The van der Waals surface area contributed by atoms with Crippen molar-refractivity contribution in [2.45, 2.75) is 47.0 Å². The molecule has 0 radical (unpaired) electrons. The fraction of sp³-hybridized carbons (Fsp3) is 0.273. The molecule has 340 valence electrons. The highest BCUT2D eigenvalue weighted by Gasteiger charge is 2.39. The van der Waals surface area contributed by atoms with E-state index in [1.807, 2.05) is 104 Å². The zero-order chi connectivity index (χ0) is 47.4. The normalized spacial score (nSPS) is 14.7. The second-order valence-corrected chi connectivity index (χ2v) is 22.4. The lowest BCUT2D eigenvalue weighted by Gasteiger charge is -2.38. The molecule has 0 amide bonds. The number of aliphatic imine (C=N–C) groups is 4. The molecule has 1 heterocycles. The van der Waals surface area contributed by atoms with E-state index in [2.05, 4.69) is 147 Å². The van der Waals surface area contributed by atoms with E-state index in [0.29, 0.717) is 0 Å². The zero-order valence-electron chi connectivity index (χ0n) is 41.1. The van der Waals surface area contributed by atoms with Gasteiger partial charge in [0.1, 0.15) is 34.8 Å². The van der Waals surface area contributed by atoms with E-state index in [1.54, 1.807) is 0 Å². The molecule has 11 heteroatoms. The molecule has 1 aliphatic heterocycles. The Hall–Kier alpha value is -6.14. The molecule has 0 aliphatic carbocycles. The molecule has 0 bridgehead atoms. The molecule has 1 aliphatic rings. The fourth-order valence-corrected chi connectivity index (χ4v) is 12.6. The van der Waals surface area contributed by atoms with Crippen LogP contribution < -0.4 is 36.6 Å². The topological polar surface area (TPSA) is 71.6 Å². The number of rotatable bonds is 10. The van der Waals surface area contributed by atoms with Crippen LogP contribution in [-0.2, 0) is 5.41 Å². The summed E-state index contributed by atoms with van der Waals surface area (Å²) >= 11 is 0. The summed E-state index contributed by atoms with van der Waals surface area (Å²) in [6.07, 6.45) is 0.